The molecule has 5 rings (SSSR count). The Hall–Kier alpha value is -1.06. The standard InChI is InChI=1S/C20H28O4.C2H6/c1-9-10(2)14-7-13(9)18-11-5-15(19(14)18)16(6-11)20(22)23-8-12-3-4-17(21)24-12;1-2/h9-16,18-19H,3-8H2,1-2H3;1-2H3. The molecule has 5 aliphatic rings. The summed E-state index contributed by atoms with van der Waals surface area (Å²) in [4.78, 5) is 23.8. The van der Waals surface area contributed by atoms with Gasteiger partial charge in [-0.15, -0.1) is 0 Å². The molecule has 26 heavy (non-hydrogen) atoms. The summed E-state index contributed by atoms with van der Waals surface area (Å²) < 4.78 is 10.7. The van der Waals surface area contributed by atoms with Gasteiger partial charge in [-0.25, -0.2) is 0 Å². The second-order valence-corrected chi connectivity index (χ2v) is 9.22. The number of esters is 2. The number of hydrogen-bond donors (Lipinski definition) is 0. The van der Waals surface area contributed by atoms with Crippen LogP contribution in [0, 0.1) is 53.3 Å². The minimum atomic E-state index is -0.212. The van der Waals surface area contributed by atoms with Crippen molar-refractivity contribution in [2.24, 2.45) is 53.3 Å². The van der Waals surface area contributed by atoms with Gasteiger partial charge in [0.05, 0.1) is 5.92 Å². The summed E-state index contributed by atoms with van der Waals surface area (Å²) in [5.41, 5.74) is 0. The highest BCUT2D eigenvalue weighted by Crippen LogP contribution is 2.71. The summed E-state index contributed by atoms with van der Waals surface area (Å²) in [6.07, 6.45) is 4.63. The molecule has 4 saturated carbocycles. The van der Waals surface area contributed by atoms with Gasteiger partial charge in [0.1, 0.15) is 12.7 Å². The smallest absolute Gasteiger partial charge is 0.309 e. The average molecular weight is 363 g/mol. The van der Waals surface area contributed by atoms with E-state index < -0.39 is 0 Å². The van der Waals surface area contributed by atoms with Crippen LogP contribution < -0.4 is 0 Å². The Labute approximate surface area is 157 Å². The van der Waals surface area contributed by atoms with E-state index in [0.717, 1.165) is 47.8 Å². The third-order valence-electron chi connectivity index (χ3n) is 8.53. The van der Waals surface area contributed by atoms with Gasteiger partial charge in [0, 0.05) is 6.42 Å². The number of cyclic esters (lactones) is 1. The molecule has 1 heterocycles. The zero-order valence-corrected chi connectivity index (χ0v) is 16.6. The van der Waals surface area contributed by atoms with Crippen LogP contribution in [0.5, 0.6) is 0 Å². The Morgan fingerprint density at radius 1 is 1.04 bits per heavy atom. The minimum absolute atomic E-state index is 0.0210. The summed E-state index contributed by atoms with van der Waals surface area (Å²) >= 11 is 0. The van der Waals surface area contributed by atoms with Crippen LogP contribution in [0.4, 0.5) is 0 Å². The SMILES string of the molecule is CC.CC1C(C)C2CC1C1C3CC(C(=O)OCC4CCC(=O)O4)C(C3)C21. The maximum Gasteiger partial charge on any atom is 0.309 e. The van der Waals surface area contributed by atoms with E-state index in [-0.39, 0.29) is 30.6 Å². The molecule has 146 valence electrons. The van der Waals surface area contributed by atoms with Crippen LogP contribution in [0.2, 0.25) is 0 Å². The van der Waals surface area contributed by atoms with Gasteiger partial charge in [-0.2, -0.15) is 0 Å². The van der Waals surface area contributed by atoms with E-state index in [2.05, 4.69) is 13.8 Å². The third kappa shape index (κ3) is 2.62. The summed E-state index contributed by atoms with van der Waals surface area (Å²) in [7, 11) is 0. The van der Waals surface area contributed by atoms with E-state index in [1.165, 1.54) is 12.8 Å². The van der Waals surface area contributed by atoms with Crippen LogP contribution in [0.1, 0.15) is 59.8 Å². The summed E-state index contributed by atoms with van der Waals surface area (Å²) in [6.45, 7) is 9.14. The number of fused-ring (bicyclic) bond motifs is 9. The van der Waals surface area contributed by atoms with Gasteiger partial charge in [-0.1, -0.05) is 27.7 Å². The maximum absolute atomic E-state index is 12.7. The van der Waals surface area contributed by atoms with Crippen molar-refractivity contribution in [1.82, 2.24) is 0 Å². The fourth-order valence-corrected chi connectivity index (χ4v) is 7.48. The highest BCUT2D eigenvalue weighted by atomic mass is 16.6. The molecular weight excluding hydrogens is 328 g/mol. The molecule has 4 heteroatoms. The average Bonchev–Trinajstić information content (AvgIpc) is 3.42. The van der Waals surface area contributed by atoms with Crippen molar-refractivity contribution in [2.45, 2.75) is 65.9 Å². The van der Waals surface area contributed by atoms with Crippen LogP contribution in [0.3, 0.4) is 0 Å². The van der Waals surface area contributed by atoms with Gasteiger partial charge in [-0.3, -0.25) is 9.59 Å². The molecule has 1 saturated heterocycles. The van der Waals surface area contributed by atoms with Gasteiger partial charge in [-0.05, 0) is 73.0 Å². The highest BCUT2D eigenvalue weighted by molar-refractivity contribution is 5.74. The second kappa shape index (κ2) is 6.83. The Morgan fingerprint density at radius 3 is 2.38 bits per heavy atom. The Balaban J connectivity index is 0.000000814. The Bertz CT molecular complexity index is 572. The molecule has 10 atom stereocenters. The molecule has 0 amide bonds. The monoisotopic (exact) mass is 362 g/mol. The molecule has 0 aromatic rings. The second-order valence-electron chi connectivity index (χ2n) is 9.22. The van der Waals surface area contributed by atoms with E-state index in [1.807, 2.05) is 13.8 Å². The molecule has 4 aliphatic carbocycles. The van der Waals surface area contributed by atoms with Gasteiger partial charge in [0.2, 0.25) is 0 Å². The number of carbonyl (C=O) groups excluding carboxylic acids is 2. The Kier molecular flexibility index (Phi) is 4.81. The summed E-state index contributed by atoms with van der Waals surface area (Å²) in [6, 6.07) is 0. The van der Waals surface area contributed by atoms with Gasteiger partial charge < -0.3 is 9.47 Å². The van der Waals surface area contributed by atoms with E-state index in [1.54, 1.807) is 0 Å². The lowest BCUT2D eigenvalue weighted by Crippen LogP contribution is -2.41. The number of hydrogen-bond acceptors (Lipinski definition) is 4. The molecular formula is C22H34O4. The first-order valence-electron chi connectivity index (χ1n) is 10.9. The summed E-state index contributed by atoms with van der Waals surface area (Å²) in [5.74, 6) is 6.37. The van der Waals surface area contributed by atoms with Crippen molar-refractivity contribution >= 4 is 11.9 Å². The van der Waals surface area contributed by atoms with Gasteiger partial charge in [0.15, 0.2) is 0 Å². The lowest BCUT2D eigenvalue weighted by Gasteiger charge is -2.43. The van der Waals surface area contributed by atoms with E-state index in [4.69, 9.17) is 9.47 Å². The topological polar surface area (TPSA) is 52.6 Å². The molecule has 4 nitrogen and oxygen atoms in total. The third-order valence-corrected chi connectivity index (χ3v) is 8.53. The first kappa shape index (κ1) is 18.3. The van der Waals surface area contributed by atoms with E-state index in [0.29, 0.717) is 18.8 Å². The number of rotatable bonds is 3. The first-order chi connectivity index (χ1) is 12.5. The first-order valence-corrected chi connectivity index (χ1v) is 10.9. The normalized spacial score (nSPS) is 50.2. The Morgan fingerprint density at radius 2 is 1.73 bits per heavy atom. The van der Waals surface area contributed by atoms with Crippen molar-refractivity contribution in [3.63, 3.8) is 0 Å². The van der Waals surface area contributed by atoms with Gasteiger partial charge in [0.25, 0.3) is 0 Å². The predicted octanol–water partition coefficient (Wildman–Crippen LogP) is 4.07. The van der Waals surface area contributed by atoms with Crippen LogP contribution in [0.25, 0.3) is 0 Å². The number of carbonyl (C=O) groups is 2. The van der Waals surface area contributed by atoms with Crippen LogP contribution in [0.15, 0.2) is 0 Å². The predicted molar refractivity (Wildman–Crippen MR) is 98.0 cm³/mol. The van der Waals surface area contributed by atoms with Crippen molar-refractivity contribution < 1.29 is 19.1 Å². The molecule has 5 fully saturated rings. The van der Waals surface area contributed by atoms with Crippen LogP contribution in [-0.2, 0) is 19.1 Å². The maximum atomic E-state index is 12.7. The molecule has 0 spiro atoms. The van der Waals surface area contributed by atoms with Crippen molar-refractivity contribution in [3.8, 4) is 0 Å². The quantitative estimate of drug-likeness (QED) is 0.561. The molecule has 0 aromatic carbocycles. The lowest BCUT2D eigenvalue weighted by molar-refractivity contribution is -0.159. The molecule has 1 aliphatic heterocycles. The van der Waals surface area contributed by atoms with Crippen molar-refractivity contribution in [1.29, 1.82) is 0 Å². The summed E-state index contributed by atoms with van der Waals surface area (Å²) in [5, 5.41) is 0. The minimum Gasteiger partial charge on any atom is -0.462 e. The van der Waals surface area contributed by atoms with Gasteiger partial charge >= 0.3 is 11.9 Å². The highest BCUT2D eigenvalue weighted by Gasteiger charge is 2.66. The molecule has 0 aromatic heterocycles. The molecule has 10 unspecified atom stereocenters. The molecule has 0 N–H and O–H groups in total. The zero-order valence-electron chi connectivity index (χ0n) is 16.6. The van der Waals surface area contributed by atoms with E-state index >= 15 is 0 Å². The number of ether oxygens (including phenoxy) is 2. The fourth-order valence-electron chi connectivity index (χ4n) is 7.48. The zero-order chi connectivity index (χ0) is 18.6. The molecule has 4 bridgehead atoms. The van der Waals surface area contributed by atoms with E-state index in [9.17, 15) is 9.59 Å². The van der Waals surface area contributed by atoms with Crippen molar-refractivity contribution in [2.75, 3.05) is 6.61 Å². The van der Waals surface area contributed by atoms with Crippen LogP contribution >= 0.6 is 0 Å². The largest absolute Gasteiger partial charge is 0.462 e. The lowest BCUT2D eigenvalue weighted by atomic mass is 9.62. The van der Waals surface area contributed by atoms with Crippen molar-refractivity contribution in [3.05, 3.63) is 0 Å². The van der Waals surface area contributed by atoms with Crippen LogP contribution in [-0.4, -0.2) is 24.6 Å². The molecule has 0 radical (unpaired) electrons. The fraction of sp³-hybridized carbons (Fsp3) is 0.909.